The maximum absolute atomic E-state index is 13.0. The Kier molecular flexibility index (Phi) is 5.89. The number of hydrogen-bond acceptors (Lipinski definition) is 3. The predicted molar refractivity (Wildman–Crippen MR) is 98.7 cm³/mol. The van der Waals surface area contributed by atoms with Crippen LogP contribution >= 0.6 is 0 Å². The fraction of sp³-hybridized carbons (Fsp3) is 0.211. The van der Waals surface area contributed by atoms with Crippen LogP contribution < -0.4 is 0 Å². The van der Waals surface area contributed by atoms with Crippen molar-refractivity contribution in [3.8, 4) is 5.69 Å². The van der Waals surface area contributed by atoms with Gasteiger partial charge in [0.2, 0.25) is 10.0 Å². The monoisotopic (exact) mass is 463 g/mol. The minimum absolute atomic E-state index is 0.122. The molecule has 5 nitrogen and oxygen atoms in total. The first-order valence-electron chi connectivity index (χ1n) is 8.63. The molecule has 2 aromatic carbocycles. The molecule has 12 heteroatoms. The van der Waals surface area contributed by atoms with Gasteiger partial charge in [-0.15, -0.1) is 0 Å². The second kappa shape index (κ2) is 8.00. The van der Waals surface area contributed by atoms with Crippen LogP contribution in [0.2, 0.25) is 0 Å². The number of sulfonamides is 1. The van der Waals surface area contributed by atoms with Gasteiger partial charge >= 0.3 is 12.4 Å². The third kappa shape index (κ3) is 5.07. The first-order chi connectivity index (χ1) is 14.3. The van der Waals surface area contributed by atoms with E-state index in [1.54, 1.807) is 30.3 Å². The Bertz CT molecular complexity index is 1140. The van der Waals surface area contributed by atoms with Crippen LogP contribution in [0.5, 0.6) is 0 Å². The van der Waals surface area contributed by atoms with E-state index in [2.05, 4.69) is 5.10 Å². The van der Waals surface area contributed by atoms with Gasteiger partial charge in [-0.3, -0.25) is 0 Å². The molecule has 1 heterocycles. The van der Waals surface area contributed by atoms with E-state index in [0.29, 0.717) is 15.6 Å². The average Bonchev–Trinajstić information content (AvgIpc) is 3.15. The Hall–Kier alpha value is -2.86. The summed E-state index contributed by atoms with van der Waals surface area (Å²) in [5.74, 6) is 0. The second-order valence-electron chi connectivity index (χ2n) is 6.63. The summed E-state index contributed by atoms with van der Waals surface area (Å²) in [6, 6.07) is 9.07. The predicted octanol–water partition coefficient (Wildman–Crippen LogP) is 4.73. The molecule has 3 rings (SSSR count). The fourth-order valence-corrected chi connectivity index (χ4v) is 3.99. The molecule has 0 aliphatic heterocycles. The van der Waals surface area contributed by atoms with Crippen molar-refractivity contribution >= 4 is 10.0 Å². The maximum Gasteiger partial charge on any atom is 0.416 e. The Balaban J connectivity index is 1.93. The zero-order valence-corrected chi connectivity index (χ0v) is 16.6. The molecule has 166 valence electrons. The number of nitrogens with zero attached hydrogens (tertiary/aromatic N) is 3. The van der Waals surface area contributed by atoms with E-state index in [1.165, 1.54) is 17.1 Å². The SMILES string of the molecule is CN(Cc1cnn(-c2ccccc2)c1)S(=O)(=O)c1cc(C(F)(F)F)cc(C(F)(F)F)c1. The number of hydrogen-bond donors (Lipinski definition) is 0. The number of halogens is 6. The van der Waals surface area contributed by atoms with Crippen LogP contribution in [0.15, 0.2) is 65.8 Å². The van der Waals surface area contributed by atoms with E-state index in [4.69, 9.17) is 0 Å². The number of benzene rings is 2. The number of para-hydroxylation sites is 1. The van der Waals surface area contributed by atoms with Crippen molar-refractivity contribution in [1.82, 2.24) is 14.1 Å². The van der Waals surface area contributed by atoms with Crippen molar-refractivity contribution in [2.45, 2.75) is 23.8 Å². The molecule has 3 aromatic rings. The van der Waals surface area contributed by atoms with Gasteiger partial charge in [-0.05, 0) is 30.3 Å². The molecular formula is C19H15F6N3O2S. The highest BCUT2D eigenvalue weighted by molar-refractivity contribution is 7.89. The van der Waals surface area contributed by atoms with E-state index in [0.717, 1.165) is 7.05 Å². The third-order valence-corrected chi connectivity index (χ3v) is 6.11. The molecule has 0 amide bonds. The molecule has 0 saturated carbocycles. The highest BCUT2D eigenvalue weighted by Gasteiger charge is 2.38. The molecule has 0 fully saturated rings. The van der Waals surface area contributed by atoms with Gasteiger partial charge in [0, 0.05) is 25.4 Å². The topological polar surface area (TPSA) is 55.2 Å². The van der Waals surface area contributed by atoms with E-state index in [-0.39, 0.29) is 24.7 Å². The zero-order valence-electron chi connectivity index (χ0n) is 15.8. The van der Waals surface area contributed by atoms with Gasteiger partial charge in [-0.1, -0.05) is 18.2 Å². The highest BCUT2D eigenvalue weighted by Crippen LogP contribution is 2.37. The van der Waals surface area contributed by atoms with Gasteiger partial charge in [0.15, 0.2) is 0 Å². The minimum atomic E-state index is -5.15. The number of aromatic nitrogens is 2. The molecular weight excluding hydrogens is 448 g/mol. The van der Waals surface area contributed by atoms with Gasteiger partial charge in [0.1, 0.15) is 0 Å². The molecule has 0 aliphatic rings. The Morgan fingerprint density at radius 1 is 0.935 bits per heavy atom. The summed E-state index contributed by atoms with van der Waals surface area (Å²) in [6.07, 6.45) is -7.44. The zero-order chi connectivity index (χ0) is 23.0. The summed E-state index contributed by atoms with van der Waals surface area (Å²) in [7, 11) is -3.60. The van der Waals surface area contributed by atoms with Gasteiger partial charge in [-0.2, -0.15) is 35.7 Å². The van der Waals surface area contributed by atoms with E-state index < -0.39 is 38.4 Å². The Labute approximate surface area is 173 Å². The van der Waals surface area contributed by atoms with Crippen LogP contribution in [0.4, 0.5) is 26.3 Å². The van der Waals surface area contributed by atoms with Crippen molar-refractivity contribution < 1.29 is 34.8 Å². The lowest BCUT2D eigenvalue weighted by atomic mass is 10.1. The van der Waals surface area contributed by atoms with Crippen molar-refractivity contribution in [3.05, 3.63) is 77.6 Å². The molecule has 0 spiro atoms. The molecule has 0 aliphatic carbocycles. The van der Waals surface area contributed by atoms with Crippen LogP contribution in [0.1, 0.15) is 16.7 Å². The van der Waals surface area contributed by atoms with Crippen LogP contribution in [-0.2, 0) is 28.9 Å². The molecule has 31 heavy (non-hydrogen) atoms. The molecule has 0 unspecified atom stereocenters. The van der Waals surface area contributed by atoms with E-state index >= 15 is 0 Å². The largest absolute Gasteiger partial charge is 0.416 e. The Morgan fingerprint density at radius 3 is 2.00 bits per heavy atom. The lowest BCUT2D eigenvalue weighted by Crippen LogP contribution is -2.27. The standard InChI is InChI=1S/C19H15F6N3O2S/c1-27(11-13-10-26-28(12-13)16-5-3-2-4-6-16)31(29,30)17-8-14(18(20,21)22)7-15(9-17)19(23,24)25/h2-10,12H,11H2,1H3. The number of alkyl halides is 6. The second-order valence-corrected chi connectivity index (χ2v) is 8.68. The van der Waals surface area contributed by atoms with Crippen molar-refractivity contribution in [2.75, 3.05) is 7.05 Å². The van der Waals surface area contributed by atoms with Crippen LogP contribution in [-0.4, -0.2) is 29.6 Å². The summed E-state index contributed by atoms with van der Waals surface area (Å²) < 4.78 is 106. The van der Waals surface area contributed by atoms with Crippen molar-refractivity contribution in [3.63, 3.8) is 0 Å². The van der Waals surface area contributed by atoms with Gasteiger partial charge in [-0.25, -0.2) is 13.1 Å². The lowest BCUT2D eigenvalue weighted by molar-refractivity contribution is -0.143. The highest BCUT2D eigenvalue weighted by atomic mass is 32.2. The first kappa shape index (κ1) is 22.8. The van der Waals surface area contributed by atoms with Crippen LogP contribution in [0, 0.1) is 0 Å². The molecule has 0 N–H and O–H groups in total. The van der Waals surface area contributed by atoms with Crippen LogP contribution in [0.25, 0.3) is 5.69 Å². The summed E-state index contributed by atoms with van der Waals surface area (Å²) in [5, 5.41) is 4.08. The first-order valence-corrected chi connectivity index (χ1v) is 10.1. The number of rotatable bonds is 5. The third-order valence-electron chi connectivity index (χ3n) is 4.33. The quantitative estimate of drug-likeness (QED) is 0.514. The van der Waals surface area contributed by atoms with Crippen LogP contribution in [0.3, 0.4) is 0 Å². The van der Waals surface area contributed by atoms with Gasteiger partial charge in [0.05, 0.1) is 27.9 Å². The molecule has 0 atom stereocenters. The van der Waals surface area contributed by atoms with Gasteiger partial charge in [0.25, 0.3) is 0 Å². The van der Waals surface area contributed by atoms with E-state index in [1.807, 2.05) is 0 Å². The van der Waals surface area contributed by atoms with Crippen molar-refractivity contribution in [1.29, 1.82) is 0 Å². The van der Waals surface area contributed by atoms with Gasteiger partial charge < -0.3 is 0 Å². The average molecular weight is 463 g/mol. The summed E-state index contributed by atoms with van der Waals surface area (Å²) in [5.41, 5.74) is -2.33. The summed E-state index contributed by atoms with van der Waals surface area (Å²) >= 11 is 0. The summed E-state index contributed by atoms with van der Waals surface area (Å²) in [6.45, 7) is -0.313. The molecule has 0 saturated heterocycles. The minimum Gasteiger partial charge on any atom is -0.241 e. The Morgan fingerprint density at radius 2 is 1.48 bits per heavy atom. The fourth-order valence-electron chi connectivity index (χ4n) is 2.76. The summed E-state index contributed by atoms with van der Waals surface area (Å²) in [4.78, 5) is -1.10. The van der Waals surface area contributed by atoms with E-state index in [9.17, 15) is 34.8 Å². The normalized spacial score (nSPS) is 13.0. The molecule has 0 radical (unpaired) electrons. The maximum atomic E-state index is 13.0. The molecule has 0 bridgehead atoms. The van der Waals surface area contributed by atoms with Crippen molar-refractivity contribution in [2.24, 2.45) is 0 Å². The smallest absolute Gasteiger partial charge is 0.241 e. The molecule has 1 aromatic heterocycles. The lowest BCUT2D eigenvalue weighted by Gasteiger charge is -2.19.